The molecule has 1 aliphatic rings. The van der Waals surface area contributed by atoms with Crippen LogP contribution in [-0.4, -0.2) is 14.7 Å². The molecule has 1 saturated heterocycles. The van der Waals surface area contributed by atoms with E-state index in [2.05, 4.69) is 41.7 Å². The molecule has 172 valence electrons. The van der Waals surface area contributed by atoms with E-state index in [1.807, 2.05) is 47.4 Å². The average Bonchev–Trinajstić information content (AvgIpc) is 3.31. The zero-order valence-corrected chi connectivity index (χ0v) is 20.7. The van der Waals surface area contributed by atoms with Crippen molar-refractivity contribution in [2.75, 3.05) is 4.90 Å². The van der Waals surface area contributed by atoms with E-state index < -0.39 is 0 Å². The summed E-state index contributed by atoms with van der Waals surface area (Å²) in [4.78, 5) is 6.47. The summed E-state index contributed by atoms with van der Waals surface area (Å²) < 4.78 is 17.2. The van der Waals surface area contributed by atoms with Gasteiger partial charge in [-0.05, 0) is 86.6 Å². The maximum Gasteiger partial charge on any atom is 0.174 e. The molecule has 2 aromatic heterocycles. The molecule has 0 amide bonds. The number of aryl methyl sites for hydroxylation is 2. The second kappa shape index (κ2) is 8.85. The highest BCUT2D eigenvalue weighted by Gasteiger charge is 2.43. The van der Waals surface area contributed by atoms with Gasteiger partial charge in [0.2, 0.25) is 0 Å². The Morgan fingerprint density at radius 2 is 1.74 bits per heavy atom. The van der Waals surface area contributed by atoms with Gasteiger partial charge < -0.3 is 14.8 Å². The highest BCUT2D eigenvalue weighted by atomic mass is 35.5. The monoisotopic (exact) mass is 490 g/mol. The molecule has 0 bridgehead atoms. The maximum absolute atomic E-state index is 15.0. The van der Waals surface area contributed by atoms with Crippen LogP contribution in [0.1, 0.15) is 40.3 Å². The minimum Gasteiger partial charge on any atom is -0.351 e. The van der Waals surface area contributed by atoms with Gasteiger partial charge in [0, 0.05) is 28.3 Å². The number of halogens is 2. The lowest BCUT2D eigenvalue weighted by Crippen LogP contribution is -2.30. The van der Waals surface area contributed by atoms with Crippen LogP contribution in [0.25, 0.3) is 5.69 Å². The van der Waals surface area contributed by atoms with Crippen molar-refractivity contribution in [3.05, 3.63) is 112 Å². The van der Waals surface area contributed by atoms with Gasteiger partial charge in [-0.1, -0.05) is 35.9 Å². The fourth-order valence-electron chi connectivity index (χ4n) is 4.86. The van der Waals surface area contributed by atoms with Crippen molar-refractivity contribution >= 4 is 34.6 Å². The van der Waals surface area contributed by atoms with Gasteiger partial charge in [0.05, 0.1) is 23.5 Å². The average molecular weight is 491 g/mol. The third-order valence-electron chi connectivity index (χ3n) is 6.41. The lowest BCUT2D eigenvalue weighted by atomic mass is 9.96. The largest absolute Gasteiger partial charge is 0.351 e. The molecule has 0 aliphatic carbocycles. The van der Waals surface area contributed by atoms with Crippen molar-refractivity contribution < 1.29 is 4.39 Å². The lowest BCUT2D eigenvalue weighted by molar-refractivity contribution is 0.556. The van der Waals surface area contributed by atoms with Crippen LogP contribution in [0.5, 0.6) is 0 Å². The summed E-state index contributed by atoms with van der Waals surface area (Å²) in [6, 6.07) is 20.0. The maximum atomic E-state index is 15.0. The molecule has 1 aliphatic heterocycles. The summed E-state index contributed by atoms with van der Waals surface area (Å²) >= 11 is 12.1. The molecule has 0 spiro atoms. The first-order valence-electron chi connectivity index (χ1n) is 11.1. The molecule has 4 nitrogen and oxygen atoms in total. The van der Waals surface area contributed by atoms with Crippen LogP contribution in [0.4, 0.5) is 10.1 Å². The first-order valence-corrected chi connectivity index (χ1v) is 11.9. The Hall–Kier alpha value is -3.22. The van der Waals surface area contributed by atoms with Crippen LogP contribution in [-0.2, 0) is 0 Å². The van der Waals surface area contributed by atoms with E-state index in [-0.39, 0.29) is 17.9 Å². The summed E-state index contributed by atoms with van der Waals surface area (Å²) in [7, 11) is 0. The Labute approximate surface area is 209 Å². The minimum absolute atomic E-state index is 0.247. The lowest BCUT2D eigenvalue weighted by Gasteiger charge is -2.28. The van der Waals surface area contributed by atoms with Crippen LogP contribution < -0.4 is 10.2 Å². The van der Waals surface area contributed by atoms with E-state index >= 15 is 4.39 Å². The molecular weight excluding hydrogens is 467 g/mol. The van der Waals surface area contributed by atoms with Crippen molar-refractivity contribution in [1.29, 1.82) is 0 Å². The smallest absolute Gasteiger partial charge is 0.174 e. The van der Waals surface area contributed by atoms with Gasteiger partial charge in [0.15, 0.2) is 5.11 Å². The SMILES string of the molecule is Cc1ccc(Cl)cc1-n1c(C)cc([C@@H]2[C@@H](c3ccccn3)NC(=S)N2c2ccccc2F)c1C. The number of thiocarbonyl (C=S) groups is 1. The van der Waals surface area contributed by atoms with E-state index in [1.54, 1.807) is 18.3 Å². The summed E-state index contributed by atoms with van der Waals surface area (Å²) in [6.07, 6.45) is 1.77. The Bertz CT molecular complexity index is 1380. The van der Waals surface area contributed by atoms with E-state index in [0.717, 1.165) is 33.9 Å². The molecule has 1 N–H and O–H groups in total. The molecule has 4 aromatic rings. The van der Waals surface area contributed by atoms with E-state index in [1.165, 1.54) is 6.07 Å². The zero-order valence-electron chi connectivity index (χ0n) is 19.1. The number of benzene rings is 2. The highest BCUT2D eigenvalue weighted by Crippen LogP contribution is 2.44. The Morgan fingerprint density at radius 3 is 2.47 bits per heavy atom. The fourth-order valence-corrected chi connectivity index (χ4v) is 5.36. The van der Waals surface area contributed by atoms with Crippen LogP contribution in [0.2, 0.25) is 5.02 Å². The number of hydrogen-bond acceptors (Lipinski definition) is 2. The van der Waals surface area contributed by atoms with Gasteiger partial charge in [0.1, 0.15) is 5.82 Å². The van der Waals surface area contributed by atoms with Gasteiger partial charge in [-0.3, -0.25) is 4.98 Å². The van der Waals surface area contributed by atoms with Crippen LogP contribution in [0.3, 0.4) is 0 Å². The van der Waals surface area contributed by atoms with Crippen molar-refractivity contribution in [1.82, 2.24) is 14.9 Å². The van der Waals surface area contributed by atoms with E-state index in [4.69, 9.17) is 23.8 Å². The third kappa shape index (κ3) is 3.77. The molecule has 0 radical (unpaired) electrons. The second-order valence-corrected chi connectivity index (χ2v) is 9.36. The molecule has 7 heteroatoms. The molecule has 0 saturated carbocycles. The standard InChI is InChI=1S/C27H24ClFN4S/c1-16-11-12-19(28)15-24(16)32-17(2)14-20(18(32)3)26-25(22-9-6-7-13-30-22)31-27(34)33(26)23-10-5-4-8-21(23)29/h4-15,25-26H,1-3H3,(H,31,34)/t25-,26-/m1/s1. The highest BCUT2D eigenvalue weighted by molar-refractivity contribution is 7.80. The number of nitrogens with one attached hydrogen (secondary N) is 1. The molecule has 3 heterocycles. The van der Waals surface area contributed by atoms with Gasteiger partial charge in [-0.25, -0.2) is 4.39 Å². The summed E-state index contributed by atoms with van der Waals surface area (Å²) in [6.45, 7) is 6.22. The molecule has 34 heavy (non-hydrogen) atoms. The van der Waals surface area contributed by atoms with Crippen molar-refractivity contribution in [2.45, 2.75) is 32.9 Å². The number of rotatable bonds is 4. The van der Waals surface area contributed by atoms with Crippen LogP contribution >= 0.6 is 23.8 Å². The summed E-state index contributed by atoms with van der Waals surface area (Å²) in [5.41, 5.74) is 6.57. The minimum atomic E-state index is -0.321. The molecule has 2 aromatic carbocycles. The fraction of sp³-hybridized carbons (Fsp3) is 0.185. The molecule has 5 rings (SSSR count). The number of nitrogens with zero attached hydrogens (tertiary/aromatic N) is 3. The Kier molecular flexibility index (Phi) is 5.88. The summed E-state index contributed by atoms with van der Waals surface area (Å²) in [5, 5.41) is 4.55. The van der Waals surface area contributed by atoms with Gasteiger partial charge in [-0.2, -0.15) is 0 Å². The zero-order chi connectivity index (χ0) is 24.0. The Balaban J connectivity index is 1.72. The predicted molar refractivity (Wildman–Crippen MR) is 139 cm³/mol. The number of hydrogen-bond donors (Lipinski definition) is 1. The number of aromatic nitrogens is 2. The van der Waals surface area contributed by atoms with E-state index in [9.17, 15) is 0 Å². The third-order valence-corrected chi connectivity index (χ3v) is 6.96. The van der Waals surface area contributed by atoms with Crippen molar-refractivity contribution in [2.24, 2.45) is 0 Å². The molecular formula is C27H24ClFN4S. The second-order valence-electron chi connectivity index (χ2n) is 8.54. The predicted octanol–water partition coefficient (Wildman–Crippen LogP) is 6.77. The topological polar surface area (TPSA) is 33.1 Å². The van der Waals surface area contributed by atoms with Crippen molar-refractivity contribution in [3.8, 4) is 5.69 Å². The first-order chi connectivity index (χ1) is 16.4. The number of pyridine rings is 1. The molecule has 2 atom stereocenters. The van der Waals surface area contributed by atoms with Crippen LogP contribution in [0.15, 0.2) is 72.9 Å². The number of anilines is 1. The quantitative estimate of drug-likeness (QED) is 0.320. The van der Waals surface area contributed by atoms with Gasteiger partial charge >= 0.3 is 0 Å². The number of para-hydroxylation sites is 1. The van der Waals surface area contributed by atoms with Crippen LogP contribution in [0, 0.1) is 26.6 Å². The van der Waals surface area contributed by atoms with Gasteiger partial charge in [0.25, 0.3) is 0 Å². The van der Waals surface area contributed by atoms with Crippen molar-refractivity contribution in [3.63, 3.8) is 0 Å². The summed E-state index contributed by atoms with van der Waals surface area (Å²) in [5.74, 6) is -0.321. The molecule has 0 unspecified atom stereocenters. The first kappa shape index (κ1) is 22.6. The molecule has 1 fully saturated rings. The van der Waals surface area contributed by atoms with Gasteiger partial charge in [-0.15, -0.1) is 0 Å². The van der Waals surface area contributed by atoms with E-state index in [0.29, 0.717) is 15.8 Å². The normalized spacial score (nSPS) is 17.8. The Morgan fingerprint density at radius 1 is 0.971 bits per heavy atom.